The van der Waals surface area contributed by atoms with Crippen LogP contribution in [0.15, 0.2) is 73.1 Å². The Morgan fingerprint density at radius 2 is 1.85 bits per heavy atom. The number of rotatable bonds is 4. The van der Waals surface area contributed by atoms with E-state index in [1.165, 1.54) is 12.1 Å². The fourth-order valence-corrected chi connectivity index (χ4v) is 2.72. The summed E-state index contributed by atoms with van der Waals surface area (Å²) in [7, 11) is 0. The van der Waals surface area contributed by atoms with Crippen LogP contribution in [-0.2, 0) is 0 Å². The third-order valence-electron chi connectivity index (χ3n) is 3.86. The second kappa shape index (κ2) is 6.22. The summed E-state index contributed by atoms with van der Waals surface area (Å²) in [6, 6.07) is 18.2. The molecule has 26 heavy (non-hydrogen) atoms. The predicted molar refractivity (Wildman–Crippen MR) is 95.6 cm³/mol. The molecule has 4 nitrogen and oxygen atoms in total. The van der Waals surface area contributed by atoms with E-state index in [0.29, 0.717) is 12.6 Å². The summed E-state index contributed by atoms with van der Waals surface area (Å²) in [5.41, 5.74) is 3.16. The maximum absolute atomic E-state index is 13.0. The highest BCUT2D eigenvalue weighted by Gasteiger charge is 2.23. The van der Waals surface area contributed by atoms with Gasteiger partial charge in [0.2, 0.25) is 0 Å². The van der Waals surface area contributed by atoms with Gasteiger partial charge in [-0.1, -0.05) is 30.3 Å². The van der Waals surface area contributed by atoms with Gasteiger partial charge < -0.3 is 4.74 Å². The van der Waals surface area contributed by atoms with Crippen molar-refractivity contribution >= 4 is 10.9 Å². The van der Waals surface area contributed by atoms with E-state index >= 15 is 0 Å². The minimum atomic E-state index is -3.23. The van der Waals surface area contributed by atoms with Crippen molar-refractivity contribution in [2.24, 2.45) is 0 Å². The van der Waals surface area contributed by atoms with Gasteiger partial charge in [-0.3, -0.25) is 0 Å². The molecule has 0 bridgehead atoms. The van der Waals surface area contributed by atoms with Gasteiger partial charge in [-0.2, -0.15) is 13.9 Å². The minimum Gasteiger partial charge on any atom is -0.433 e. The van der Waals surface area contributed by atoms with Crippen LogP contribution in [0.1, 0.15) is 6.92 Å². The zero-order valence-corrected chi connectivity index (χ0v) is 13.9. The van der Waals surface area contributed by atoms with E-state index in [1.807, 2.05) is 36.4 Å². The first-order chi connectivity index (χ1) is 12.5. The van der Waals surface area contributed by atoms with Crippen LogP contribution >= 0.6 is 0 Å². The Kier molecular flexibility index (Phi) is 3.88. The van der Waals surface area contributed by atoms with Crippen LogP contribution in [0.3, 0.4) is 0 Å². The van der Waals surface area contributed by atoms with Gasteiger partial charge in [0.05, 0.1) is 23.1 Å². The lowest BCUT2D eigenvalue weighted by Gasteiger charge is -2.13. The van der Waals surface area contributed by atoms with E-state index in [1.54, 1.807) is 29.2 Å². The molecule has 0 aliphatic heterocycles. The zero-order chi connectivity index (χ0) is 18.1. The maximum atomic E-state index is 13.0. The number of fused-ring (bicyclic) bond motifs is 1. The van der Waals surface area contributed by atoms with Crippen molar-refractivity contribution < 1.29 is 13.5 Å². The molecule has 0 atom stereocenters. The maximum Gasteiger partial charge on any atom is 0.394 e. The summed E-state index contributed by atoms with van der Waals surface area (Å²) in [4.78, 5) is 4.64. The Morgan fingerprint density at radius 3 is 2.69 bits per heavy atom. The van der Waals surface area contributed by atoms with E-state index in [-0.39, 0.29) is 5.75 Å². The van der Waals surface area contributed by atoms with Crippen LogP contribution in [-0.4, -0.2) is 20.9 Å². The number of alkyl halides is 2. The third kappa shape index (κ3) is 3.39. The van der Waals surface area contributed by atoms with Crippen LogP contribution in [0.25, 0.3) is 27.8 Å². The molecule has 0 N–H and O–H groups in total. The van der Waals surface area contributed by atoms with Crippen LogP contribution in [0.4, 0.5) is 8.78 Å². The van der Waals surface area contributed by atoms with Gasteiger partial charge in [0, 0.05) is 30.1 Å². The van der Waals surface area contributed by atoms with Crippen molar-refractivity contribution in [1.82, 2.24) is 14.8 Å². The summed E-state index contributed by atoms with van der Waals surface area (Å²) in [5, 5.41) is 5.38. The molecule has 4 rings (SSSR count). The second-order valence-electron chi connectivity index (χ2n) is 5.97. The lowest BCUT2D eigenvalue weighted by molar-refractivity contribution is -0.158. The van der Waals surface area contributed by atoms with Gasteiger partial charge in [0.25, 0.3) is 0 Å². The van der Waals surface area contributed by atoms with Crippen LogP contribution in [0, 0.1) is 0 Å². The summed E-state index contributed by atoms with van der Waals surface area (Å²) < 4.78 is 32.3. The molecule has 0 fully saturated rings. The average Bonchev–Trinajstić information content (AvgIpc) is 3.10. The van der Waals surface area contributed by atoms with E-state index in [2.05, 4.69) is 14.8 Å². The first kappa shape index (κ1) is 16.2. The molecule has 0 amide bonds. The quantitative estimate of drug-likeness (QED) is 0.515. The highest BCUT2D eigenvalue weighted by molar-refractivity contribution is 5.81. The molecule has 0 unspecified atom stereocenters. The molecular weight excluding hydrogens is 336 g/mol. The first-order valence-electron chi connectivity index (χ1n) is 8.06. The normalized spacial score (nSPS) is 11.7. The van der Waals surface area contributed by atoms with Gasteiger partial charge in [0.15, 0.2) is 0 Å². The summed E-state index contributed by atoms with van der Waals surface area (Å²) in [5.74, 6) is 0.0795. The zero-order valence-electron chi connectivity index (χ0n) is 13.9. The van der Waals surface area contributed by atoms with E-state index in [9.17, 15) is 8.78 Å². The standard InChI is InChI=1S/C20H15F2N3O/c1-20(21,22)26-17-7-4-6-16(11-17)25-13-15(12-23-25)19-10-9-14-5-2-3-8-18(14)24-19/h2-13H,1H3. The largest absolute Gasteiger partial charge is 0.433 e. The van der Waals surface area contributed by atoms with E-state index in [4.69, 9.17) is 0 Å². The van der Waals surface area contributed by atoms with Crippen molar-refractivity contribution in [3.63, 3.8) is 0 Å². The first-order valence-corrected chi connectivity index (χ1v) is 8.06. The Hall–Kier alpha value is -3.28. The van der Waals surface area contributed by atoms with E-state index < -0.39 is 6.11 Å². The molecule has 0 aliphatic carbocycles. The Morgan fingerprint density at radius 1 is 1.00 bits per heavy atom. The smallest absolute Gasteiger partial charge is 0.394 e. The lowest BCUT2D eigenvalue weighted by Crippen LogP contribution is -2.19. The lowest BCUT2D eigenvalue weighted by atomic mass is 10.1. The number of hydrogen-bond donors (Lipinski definition) is 0. The Bertz CT molecular complexity index is 1070. The number of nitrogens with zero attached hydrogens (tertiary/aromatic N) is 3. The monoisotopic (exact) mass is 351 g/mol. The SMILES string of the molecule is CC(F)(F)Oc1cccc(-n2cc(-c3ccc4ccccc4n3)cn2)c1. The van der Waals surface area contributed by atoms with Crippen LogP contribution < -0.4 is 4.74 Å². The Labute approximate surface area is 148 Å². The van der Waals surface area contributed by atoms with Crippen molar-refractivity contribution in [2.75, 3.05) is 0 Å². The molecule has 0 radical (unpaired) electrons. The molecule has 2 aromatic heterocycles. The number of aromatic nitrogens is 3. The molecular formula is C20H15F2N3O. The Balaban J connectivity index is 1.66. The summed E-state index contributed by atoms with van der Waals surface area (Å²) >= 11 is 0. The molecule has 6 heteroatoms. The molecule has 2 aromatic carbocycles. The van der Waals surface area contributed by atoms with Crippen molar-refractivity contribution in [3.05, 3.63) is 73.1 Å². The number of para-hydroxylation sites is 1. The topological polar surface area (TPSA) is 39.9 Å². The van der Waals surface area contributed by atoms with Crippen molar-refractivity contribution in [3.8, 4) is 22.7 Å². The average molecular weight is 351 g/mol. The molecule has 0 aliphatic rings. The highest BCUT2D eigenvalue weighted by Crippen LogP contribution is 2.25. The van der Waals surface area contributed by atoms with Crippen LogP contribution in [0.2, 0.25) is 0 Å². The predicted octanol–water partition coefficient (Wildman–Crippen LogP) is 5.08. The molecule has 0 saturated heterocycles. The third-order valence-corrected chi connectivity index (χ3v) is 3.86. The number of ether oxygens (including phenoxy) is 1. The minimum absolute atomic E-state index is 0.0795. The molecule has 2 heterocycles. The van der Waals surface area contributed by atoms with Gasteiger partial charge >= 0.3 is 6.11 Å². The van der Waals surface area contributed by atoms with Gasteiger partial charge in [0.1, 0.15) is 5.75 Å². The second-order valence-corrected chi connectivity index (χ2v) is 5.97. The van der Waals surface area contributed by atoms with Gasteiger partial charge in [-0.15, -0.1) is 0 Å². The molecule has 0 spiro atoms. The summed E-state index contributed by atoms with van der Waals surface area (Å²) in [6.07, 6.45) is 0.266. The molecule has 4 aromatic rings. The van der Waals surface area contributed by atoms with Crippen molar-refractivity contribution in [2.45, 2.75) is 13.0 Å². The summed E-state index contributed by atoms with van der Waals surface area (Å²) in [6.45, 7) is 0.705. The molecule has 0 saturated carbocycles. The fraction of sp³-hybridized carbons (Fsp3) is 0.100. The highest BCUT2D eigenvalue weighted by atomic mass is 19.3. The van der Waals surface area contributed by atoms with Crippen molar-refractivity contribution in [1.29, 1.82) is 0 Å². The van der Waals surface area contributed by atoms with Crippen LogP contribution in [0.5, 0.6) is 5.75 Å². The fourth-order valence-electron chi connectivity index (χ4n) is 2.72. The van der Waals surface area contributed by atoms with Gasteiger partial charge in [-0.05, 0) is 24.3 Å². The number of pyridine rings is 1. The number of halogens is 2. The number of hydrogen-bond acceptors (Lipinski definition) is 3. The molecule has 130 valence electrons. The van der Waals surface area contributed by atoms with Gasteiger partial charge in [-0.25, -0.2) is 9.67 Å². The number of benzene rings is 2. The van der Waals surface area contributed by atoms with E-state index in [0.717, 1.165) is 22.2 Å².